The Kier molecular flexibility index (Phi) is 5.39. The van der Waals surface area contributed by atoms with Gasteiger partial charge in [0.05, 0.1) is 12.5 Å². The second kappa shape index (κ2) is 7.88. The number of carbonyl (C=O) groups excluding carboxylic acids is 1. The summed E-state index contributed by atoms with van der Waals surface area (Å²) in [6.45, 7) is 1.39. The zero-order valence-electron chi connectivity index (χ0n) is 13.3. The molecule has 24 heavy (non-hydrogen) atoms. The van der Waals surface area contributed by atoms with Crippen molar-refractivity contribution in [3.63, 3.8) is 0 Å². The molecular weight excluding hydrogens is 322 g/mol. The molecule has 2 heterocycles. The highest BCUT2D eigenvalue weighted by Gasteiger charge is 2.17. The lowest BCUT2D eigenvalue weighted by atomic mass is 10.0. The number of nitrogens with zero attached hydrogens (tertiary/aromatic N) is 2. The van der Waals surface area contributed by atoms with E-state index in [9.17, 15) is 4.79 Å². The first-order valence-corrected chi connectivity index (χ1v) is 8.35. The lowest BCUT2D eigenvalue weighted by Gasteiger charge is -2.19. The molecule has 1 atom stereocenters. The van der Waals surface area contributed by atoms with Crippen LogP contribution in [0.3, 0.4) is 0 Å². The molecule has 124 valence electrons. The van der Waals surface area contributed by atoms with Crippen LogP contribution in [-0.4, -0.2) is 21.6 Å². The second-order valence-electron chi connectivity index (χ2n) is 5.67. The van der Waals surface area contributed by atoms with Gasteiger partial charge < -0.3 is 14.5 Å². The molecular formula is C19H20ClN3O. The van der Waals surface area contributed by atoms with Gasteiger partial charge >= 0.3 is 0 Å². The second-order valence-corrected chi connectivity index (χ2v) is 6.11. The van der Waals surface area contributed by atoms with Gasteiger partial charge in [-0.3, -0.25) is 4.79 Å². The van der Waals surface area contributed by atoms with Crippen molar-refractivity contribution in [1.29, 1.82) is 0 Å². The van der Waals surface area contributed by atoms with Gasteiger partial charge in [0.1, 0.15) is 0 Å². The van der Waals surface area contributed by atoms with Gasteiger partial charge in [0.25, 0.3) is 0 Å². The Balaban J connectivity index is 1.63. The molecule has 2 aromatic heterocycles. The van der Waals surface area contributed by atoms with Crippen LogP contribution < -0.4 is 5.32 Å². The van der Waals surface area contributed by atoms with Gasteiger partial charge in [-0.25, -0.2) is 0 Å². The summed E-state index contributed by atoms with van der Waals surface area (Å²) in [5.74, 6) is 0.0378. The lowest BCUT2D eigenvalue weighted by Crippen LogP contribution is -2.29. The van der Waals surface area contributed by atoms with E-state index >= 15 is 0 Å². The van der Waals surface area contributed by atoms with Crippen molar-refractivity contribution >= 4 is 17.5 Å². The van der Waals surface area contributed by atoms with Crippen molar-refractivity contribution in [2.75, 3.05) is 6.54 Å². The number of halogens is 1. The molecule has 0 fully saturated rings. The molecule has 5 heteroatoms. The molecule has 3 rings (SSSR count). The minimum absolute atomic E-state index is 0.0378. The number of rotatable bonds is 7. The number of carbonyl (C=O) groups is 1. The topological polar surface area (TPSA) is 39.0 Å². The maximum absolute atomic E-state index is 12.4. The third-order valence-electron chi connectivity index (χ3n) is 3.98. The molecule has 3 aromatic rings. The van der Waals surface area contributed by atoms with Crippen LogP contribution >= 0.6 is 11.6 Å². The summed E-state index contributed by atoms with van der Waals surface area (Å²) >= 11 is 5.98. The molecule has 1 aromatic carbocycles. The summed E-state index contributed by atoms with van der Waals surface area (Å²) < 4.78 is 4.09. The Morgan fingerprint density at radius 1 is 1.00 bits per heavy atom. The van der Waals surface area contributed by atoms with Gasteiger partial charge in [0.2, 0.25) is 5.91 Å². The average molecular weight is 342 g/mol. The van der Waals surface area contributed by atoms with E-state index in [1.54, 1.807) is 0 Å². The largest absolute Gasteiger partial charge is 0.354 e. The van der Waals surface area contributed by atoms with E-state index in [2.05, 4.69) is 9.88 Å². The summed E-state index contributed by atoms with van der Waals surface area (Å²) in [4.78, 5) is 12.4. The molecule has 0 radical (unpaired) electrons. The lowest BCUT2D eigenvalue weighted by molar-refractivity contribution is -0.121. The van der Waals surface area contributed by atoms with Crippen molar-refractivity contribution in [3.05, 3.63) is 83.9 Å². The SMILES string of the molecule is O=C(C[C@H](c1ccc(Cl)cc1)n1cccc1)NCCn1cccc1. The van der Waals surface area contributed by atoms with E-state index in [1.165, 1.54) is 0 Å². The van der Waals surface area contributed by atoms with Crippen LogP contribution in [-0.2, 0) is 11.3 Å². The predicted molar refractivity (Wildman–Crippen MR) is 96.1 cm³/mol. The summed E-state index contributed by atoms with van der Waals surface area (Å²) in [6.07, 6.45) is 8.33. The van der Waals surface area contributed by atoms with Crippen molar-refractivity contribution < 1.29 is 4.79 Å². The molecule has 4 nitrogen and oxygen atoms in total. The van der Waals surface area contributed by atoms with E-state index in [-0.39, 0.29) is 11.9 Å². The standard InChI is InChI=1S/C19H20ClN3O/c20-17-7-5-16(6-8-17)18(23-12-3-4-13-23)15-19(24)21-9-14-22-10-1-2-11-22/h1-8,10-13,18H,9,14-15H2,(H,21,24)/t18-/m1/s1. The molecule has 0 aliphatic rings. The number of amides is 1. The molecule has 0 unspecified atom stereocenters. The smallest absolute Gasteiger partial charge is 0.222 e. The van der Waals surface area contributed by atoms with Gasteiger partial charge in [0.15, 0.2) is 0 Å². The minimum Gasteiger partial charge on any atom is -0.354 e. The van der Waals surface area contributed by atoms with Crippen LogP contribution in [0.5, 0.6) is 0 Å². The Bertz CT molecular complexity index is 749. The first-order valence-electron chi connectivity index (χ1n) is 7.98. The van der Waals surface area contributed by atoms with E-state index in [4.69, 9.17) is 11.6 Å². The van der Waals surface area contributed by atoms with Gasteiger partial charge in [-0.2, -0.15) is 0 Å². The highest BCUT2D eigenvalue weighted by atomic mass is 35.5. The fraction of sp³-hybridized carbons (Fsp3) is 0.211. The van der Waals surface area contributed by atoms with E-state index in [1.807, 2.05) is 77.9 Å². The van der Waals surface area contributed by atoms with E-state index in [0.717, 1.165) is 12.1 Å². The number of nitrogens with one attached hydrogen (secondary N) is 1. The van der Waals surface area contributed by atoms with Crippen LogP contribution in [0.1, 0.15) is 18.0 Å². The summed E-state index contributed by atoms with van der Waals surface area (Å²) in [7, 11) is 0. The summed E-state index contributed by atoms with van der Waals surface area (Å²) in [5.41, 5.74) is 1.07. The van der Waals surface area contributed by atoms with Crippen molar-refractivity contribution in [3.8, 4) is 0 Å². The average Bonchev–Trinajstić information content (AvgIpc) is 3.27. The molecule has 0 bridgehead atoms. The highest BCUT2D eigenvalue weighted by molar-refractivity contribution is 6.30. The fourth-order valence-corrected chi connectivity index (χ4v) is 2.85. The minimum atomic E-state index is -0.0381. The van der Waals surface area contributed by atoms with Gasteiger partial charge in [-0.05, 0) is 42.0 Å². The van der Waals surface area contributed by atoms with Crippen molar-refractivity contribution in [2.24, 2.45) is 0 Å². The molecule has 0 spiro atoms. The first-order chi connectivity index (χ1) is 11.7. The quantitative estimate of drug-likeness (QED) is 0.698. The van der Waals surface area contributed by atoms with Crippen LogP contribution in [0.4, 0.5) is 0 Å². The van der Waals surface area contributed by atoms with Crippen LogP contribution in [0.25, 0.3) is 0 Å². The monoisotopic (exact) mass is 341 g/mol. The number of hydrogen-bond donors (Lipinski definition) is 1. The summed E-state index contributed by atoms with van der Waals surface area (Å²) in [6, 6.07) is 15.5. The Labute approximate surface area is 146 Å². The molecule has 0 saturated carbocycles. The van der Waals surface area contributed by atoms with Gasteiger partial charge in [-0.15, -0.1) is 0 Å². The Morgan fingerprint density at radius 3 is 2.29 bits per heavy atom. The first kappa shape index (κ1) is 16.4. The zero-order chi connectivity index (χ0) is 16.8. The van der Waals surface area contributed by atoms with Gasteiger partial charge in [0, 0.05) is 42.9 Å². The predicted octanol–water partition coefficient (Wildman–Crippen LogP) is 3.74. The molecule has 0 aliphatic carbocycles. The van der Waals surface area contributed by atoms with Crippen molar-refractivity contribution in [2.45, 2.75) is 19.0 Å². The van der Waals surface area contributed by atoms with Gasteiger partial charge in [-0.1, -0.05) is 23.7 Å². The third kappa shape index (κ3) is 4.30. The molecule has 1 amide bonds. The normalized spacial score (nSPS) is 12.0. The van der Waals surface area contributed by atoms with Crippen LogP contribution in [0, 0.1) is 0 Å². The maximum atomic E-state index is 12.4. The zero-order valence-corrected chi connectivity index (χ0v) is 14.1. The molecule has 0 saturated heterocycles. The van der Waals surface area contributed by atoms with Crippen molar-refractivity contribution in [1.82, 2.24) is 14.5 Å². The number of benzene rings is 1. The fourth-order valence-electron chi connectivity index (χ4n) is 2.73. The third-order valence-corrected chi connectivity index (χ3v) is 4.23. The number of aromatic nitrogens is 2. The van der Waals surface area contributed by atoms with E-state index < -0.39 is 0 Å². The Hall–Kier alpha value is -2.46. The van der Waals surface area contributed by atoms with Crippen LogP contribution in [0.15, 0.2) is 73.3 Å². The summed E-state index contributed by atoms with van der Waals surface area (Å²) in [5, 5.41) is 3.69. The molecule has 0 aliphatic heterocycles. The highest BCUT2D eigenvalue weighted by Crippen LogP contribution is 2.23. The van der Waals surface area contributed by atoms with E-state index in [0.29, 0.717) is 18.0 Å². The Morgan fingerprint density at radius 2 is 1.62 bits per heavy atom. The molecule has 1 N–H and O–H groups in total. The number of hydrogen-bond acceptors (Lipinski definition) is 1. The van der Waals surface area contributed by atoms with Crippen LogP contribution in [0.2, 0.25) is 5.02 Å². The maximum Gasteiger partial charge on any atom is 0.222 e.